The van der Waals surface area contributed by atoms with Crippen molar-refractivity contribution in [1.29, 1.82) is 0 Å². The summed E-state index contributed by atoms with van der Waals surface area (Å²) in [5, 5.41) is 0. The molecule has 0 N–H and O–H groups in total. The van der Waals surface area contributed by atoms with Crippen molar-refractivity contribution < 1.29 is 17.5 Å². The predicted octanol–water partition coefficient (Wildman–Crippen LogP) is 4.34. The summed E-state index contributed by atoms with van der Waals surface area (Å²) in [5.74, 6) is 3.06. The Labute approximate surface area is 186 Å². The van der Waals surface area contributed by atoms with E-state index in [1.165, 1.54) is 68.5 Å². The van der Waals surface area contributed by atoms with Crippen molar-refractivity contribution in [3.8, 4) is 0 Å². The van der Waals surface area contributed by atoms with Crippen LogP contribution in [0.15, 0.2) is 59.8 Å². The second kappa shape index (κ2) is 8.91. The molecule has 6 rings (SSSR count). The summed E-state index contributed by atoms with van der Waals surface area (Å²) in [4.78, 5) is 2.25. The van der Waals surface area contributed by atoms with Crippen LogP contribution in [-0.2, 0) is 15.7 Å². The van der Waals surface area contributed by atoms with Gasteiger partial charge in [-0.1, -0.05) is 18.2 Å². The summed E-state index contributed by atoms with van der Waals surface area (Å²) in [7, 11) is -4.25. The van der Waals surface area contributed by atoms with Crippen LogP contribution in [0.3, 0.4) is 0 Å². The lowest BCUT2D eigenvalue weighted by molar-refractivity contribution is -0.776. The summed E-state index contributed by atoms with van der Waals surface area (Å²) >= 11 is 0. The van der Waals surface area contributed by atoms with Crippen LogP contribution in [0.25, 0.3) is 0 Å². The van der Waals surface area contributed by atoms with E-state index in [1.54, 1.807) is 6.07 Å². The Bertz CT molecular complexity index is 934. The van der Waals surface area contributed by atoms with E-state index < -0.39 is 10.1 Å². The van der Waals surface area contributed by atoms with E-state index in [0.29, 0.717) is 5.54 Å². The number of nitrogens with zero attached hydrogens (tertiary/aromatic N) is 2. The number of anilines is 1. The first kappa shape index (κ1) is 22.3. The van der Waals surface area contributed by atoms with Crippen LogP contribution in [0.2, 0.25) is 0 Å². The maximum absolute atomic E-state index is 10.3. The highest BCUT2D eigenvalue weighted by molar-refractivity contribution is 7.85. The molecule has 4 aliphatic carbocycles. The van der Waals surface area contributed by atoms with Crippen LogP contribution in [-0.4, -0.2) is 26.1 Å². The van der Waals surface area contributed by atoms with Gasteiger partial charge < -0.3 is 9.45 Å². The van der Waals surface area contributed by atoms with Crippen molar-refractivity contribution in [1.82, 2.24) is 0 Å². The number of hydrogen-bond acceptors (Lipinski definition) is 4. The first-order valence-electron chi connectivity index (χ1n) is 11.6. The molecule has 6 heteroatoms. The van der Waals surface area contributed by atoms with Crippen molar-refractivity contribution in [2.24, 2.45) is 17.8 Å². The molecule has 4 aliphatic rings. The van der Waals surface area contributed by atoms with Crippen LogP contribution in [0.1, 0.15) is 52.4 Å². The molecule has 0 atom stereocenters. The molecule has 1 heterocycles. The first-order valence-corrected chi connectivity index (χ1v) is 13.0. The van der Waals surface area contributed by atoms with Gasteiger partial charge in [0.2, 0.25) is 0 Å². The monoisotopic (exact) mass is 442 g/mol. The molecular weight excluding hydrogens is 408 g/mol. The summed E-state index contributed by atoms with van der Waals surface area (Å²) in [6.45, 7) is 6.67. The fraction of sp³-hybridized carbons (Fsp3) is 0.560. The maximum atomic E-state index is 10.3. The van der Waals surface area contributed by atoms with Gasteiger partial charge in [0.25, 0.3) is 0 Å². The van der Waals surface area contributed by atoms with E-state index in [0.717, 1.165) is 30.8 Å². The van der Waals surface area contributed by atoms with Gasteiger partial charge >= 0.3 is 0 Å². The fourth-order valence-corrected chi connectivity index (χ4v) is 6.99. The molecule has 0 spiro atoms. The van der Waals surface area contributed by atoms with E-state index in [1.807, 2.05) is 0 Å². The zero-order valence-corrected chi connectivity index (χ0v) is 19.4. The van der Waals surface area contributed by atoms with Gasteiger partial charge in [-0.2, -0.15) is 4.57 Å². The van der Waals surface area contributed by atoms with E-state index in [4.69, 9.17) is 0 Å². The van der Waals surface area contributed by atoms with Gasteiger partial charge in [-0.3, -0.25) is 0 Å². The highest BCUT2D eigenvalue weighted by Crippen LogP contribution is 2.56. The molecule has 0 aliphatic heterocycles. The highest BCUT2D eigenvalue weighted by atomic mass is 32.2. The number of rotatable bonds is 5. The van der Waals surface area contributed by atoms with E-state index in [-0.39, 0.29) is 4.90 Å². The molecule has 2 aromatic rings. The Hall–Kier alpha value is -1.92. The van der Waals surface area contributed by atoms with Gasteiger partial charge in [-0.25, -0.2) is 8.42 Å². The first-order chi connectivity index (χ1) is 14.8. The van der Waals surface area contributed by atoms with E-state index >= 15 is 0 Å². The van der Waals surface area contributed by atoms with E-state index in [9.17, 15) is 13.0 Å². The molecule has 31 heavy (non-hydrogen) atoms. The minimum Gasteiger partial charge on any atom is -0.744 e. The molecule has 4 fully saturated rings. The summed E-state index contributed by atoms with van der Waals surface area (Å²) in [5.41, 5.74) is 1.84. The van der Waals surface area contributed by atoms with Crippen LogP contribution in [0.4, 0.5) is 5.69 Å². The van der Waals surface area contributed by atoms with Gasteiger partial charge in [0.1, 0.15) is 10.1 Å². The molecule has 4 bridgehead atoms. The Kier molecular flexibility index (Phi) is 6.40. The molecule has 168 valence electrons. The lowest BCUT2D eigenvalue weighted by Gasteiger charge is -2.53. The van der Waals surface area contributed by atoms with Crippen LogP contribution >= 0.6 is 0 Å². The van der Waals surface area contributed by atoms with Crippen molar-refractivity contribution in [2.45, 2.75) is 62.8 Å². The number of aromatic nitrogens is 1. The third kappa shape index (κ3) is 4.80. The predicted molar refractivity (Wildman–Crippen MR) is 121 cm³/mol. The largest absolute Gasteiger partial charge is 0.744 e. The minimum absolute atomic E-state index is 0.185. The van der Waals surface area contributed by atoms with Crippen LogP contribution in [0, 0.1) is 17.8 Å². The van der Waals surface area contributed by atoms with Gasteiger partial charge in [0, 0.05) is 50.2 Å². The second-order valence-corrected chi connectivity index (χ2v) is 10.9. The Morgan fingerprint density at radius 3 is 1.77 bits per heavy atom. The van der Waals surface area contributed by atoms with Crippen molar-refractivity contribution in [3.05, 3.63) is 54.9 Å². The van der Waals surface area contributed by atoms with E-state index in [2.05, 4.69) is 47.8 Å². The molecule has 0 amide bonds. The van der Waals surface area contributed by atoms with Gasteiger partial charge in [0.05, 0.1) is 4.90 Å². The molecule has 0 radical (unpaired) electrons. The number of hydrogen-bond donors (Lipinski definition) is 0. The van der Waals surface area contributed by atoms with Gasteiger partial charge in [-0.15, -0.1) is 0 Å². The Balaban J connectivity index is 0.000000196. The fourth-order valence-electron chi connectivity index (χ4n) is 6.50. The lowest BCUT2D eigenvalue weighted by Crippen LogP contribution is -2.64. The number of pyridine rings is 1. The number of benzene rings is 1. The average Bonchev–Trinajstić information content (AvgIpc) is 2.75. The normalized spacial score (nSPS) is 28.7. The topological polar surface area (TPSA) is 64.3 Å². The second-order valence-electron chi connectivity index (χ2n) is 9.54. The quantitative estimate of drug-likeness (QED) is 0.510. The minimum atomic E-state index is -4.25. The molecule has 0 saturated heterocycles. The average molecular weight is 443 g/mol. The molecule has 1 aromatic heterocycles. The molecule has 4 saturated carbocycles. The summed E-state index contributed by atoms with van der Waals surface area (Å²) in [6.07, 6.45) is 13.6. The molecular formula is C25H34N2O3S. The van der Waals surface area contributed by atoms with Crippen LogP contribution in [0.5, 0.6) is 0 Å². The van der Waals surface area contributed by atoms with Crippen molar-refractivity contribution >= 4 is 15.8 Å². The standard InChI is InChI=1S/C19H29N2.C6H6O3S/c1-3-20(4-2)18-5-7-21(8-6-18)19-12-15-9-16(13-19)11-17(10-15)14-19;7-10(8,9)6-4-2-1-3-5-6/h5-8,15-17H,3-4,9-14H2,1-2H3;1-5H,(H,7,8,9)/q+1;/p-1. The molecule has 0 unspecified atom stereocenters. The van der Waals surface area contributed by atoms with Crippen LogP contribution < -0.4 is 9.47 Å². The van der Waals surface area contributed by atoms with Gasteiger partial charge in [-0.05, 0) is 63.0 Å². The lowest BCUT2D eigenvalue weighted by atomic mass is 9.53. The molecule has 5 nitrogen and oxygen atoms in total. The third-order valence-electron chi connectivity index (χ3n) is 7.53. The summed E-state index contributed by atoms with van der Waals surface area (Å²) in [6, 6.07) is 11.9. The van der Waals surface area contributed by atoms with Gasteiger partial charge in [0.15, 0.2) is 17.9 Å². The Morgan fingerprint density at radius 1 is 0.903 bits per heavy atom. The Morgan fingerprint density at radius 2 is 1.39 bits per heavy atom. The highest BCUT2D eigenvalue weighted by Gasteiger charge is 2.56. The van der Waals surface area contributed by atoms with Crippen molar-refractivity contribution in [3.63, 3.8) is 0 Å². The third-order valence-corrected chi connectivity index (χ3v) is 8.38. The maximum Gasteiger partial charge on any atom is 0.171 e. The summed E-state index contributed by atoms with van der Waals surface area (Å²) < 4.78 is 33.4. The van der Waals surface area contributed by atoms with Crippen molar-refractivity contribution in [2.75, 3.05) is 18.0 Å². The molecule has 1 aromatic carbocycles. The zero-order chi connectivity index (χ0) is 22.1. The smallest absolute Gasteiger partial charge is 0.171 e. The SMILES string of the molecule is CCN(CC)c1cc[n+](C23CC4CC(CC(C4)C2)C3)cc1.O=S(=O)([O-])c1ccccc1. The zero-order valence-electron chi connectivity index (χ0n) is 18.6.